The van der Waals surface area contributed by atoms with Crippen molar-refractivity contribution < 1.29 is 14.3 Å². The molecule has 2 N–H and O–H groups in total. The number of benzene rings is 3. The van der Waals surface area contributed by atoms with E-state index < -0.39 is 5.25 Å². The minimum absolute atomic E-state index is 0.181. The molecule has 1 amide bonds. The number of hydrogen-bond donors (Lipinski definition) is 2. The summed E-state index contributed by atoms with van der Waals surface area (Å²) in [4.78, 5) is 17.9. The molecule has 32 heavy (non-hydrogen) atoms. The topological polar surface area (TPSA) is 84.3 Å². The van der Waals surface area contributed by atoms with E-state index in [1.165, 1.54) is 11.8 Å². The van der Waals surface area contributed by atoms with Gasteiger partial charge in [0.25, 0.3) is 0 Å². The average molecular weight is 445 g/mol. The van der Waals surface area contributed by atoms with Crippen molar-refractivity contribution in [3.05, 3.63) is 83.9 Å². The van der Waals surface area contributed by atoms with Crippen LogP contribution in [-0.4, -0.2) is 28.8 Å². The molecule has 1 unspecified atom stereocenters. The molecule has 0 radical (unpaired) electrons. The predicted octanol–water partition coefficient (Wildman–Crippen LogP) is 4.46. The van der Waals surface area contributed by atoms with Crippen LogP contribution in [0.15, 0.2) is 82.9 Å². The second-order valence-electron chi connectivity index (χ2n) is 7.28. The number of ether oxygens (including phenoxy) is 2. The number of hydrogen-bond acceptors (Lipinski definition) is 6. The lowest BCUT2D eigenvalue weighted by Crippen LogP contribution is -2.40. The number of aliphatic imine (C=N–C) groups is 1. The van der Waals surface area contributed by atoms with Gasteiger partial charge in [0.15, 0.2) is 16.7 Å². The zero-order chi connectivity index (χ0) is 21.9. The first-order chi connectivity index (χ1) is 15.7. The third-order valence-corrected chi connectivity index (χ3v) is 6.04. The molecule has 160 valence electrons. The molecular weight excluding hydrogens is 424 g/mol. The summed E-state index contributed by atoms with van der Waals surface area (Å²) in [6, 6.07) is 22.8. The van der Waals surface area contributed by atoms with Gasteiger partial charge in [0, 0.05) is 11.8 Å². The molecule has 5 rings (SSSR count). The van der Waals surface area contributed by atoms with E-state index in [4.69, 9.17) is 9.47 Å². The molecule has 0 saturated heterocycles. The Balaban J connectivity index is 1.43. The van der Waals surface area contributed by atoms with Crippen molar-refractivity contribution in [3.8, 4) is 11.5 Å². The van der Waals surface area contributed by atoms with Crippen molar-refractivity contribution in [2.45, 2.75) is 12.2 Å². The third kappa shape index (κ3) is 4.31. The molecule has 2 heterocycles. The quantitative estimate of drug-likeness (QED) is 0.621. The smallest absolute Gasteiger partial charge is 0.244 e. The lowest BCUT2D eigenvalue weighted by Gasteiger charge is -2.23. The molecule has 0 fully saturated rings. The monoisotopic (exact) mass is 444 g/mol. The minimum Gasteiger partial charge on any atom is -0.454 e. The van der Waals surface area contributed by atoms with E-state index in [0.29, 0.717) is 28.1 Å². The number of thioether (sulfide) groups is 1. The van der Waals surface area contributed by atoms with Gasteiger partial charge in [-0.25, -0.2) is 4.99 Å². The number of aryl methyl sites for hydroxylation is 1. The molecule has 3 aromatic carbocycles. The fraction of sp³-hybridized carbons (Fsp3) is 0.125. The number of rotatable bonds is 4. The van der Waals surface area contributed by atoms with Crippen LogP contribution in [0.5, 0.6) is 11.5 Å². The fourth-order valence-electron chi connectivity index (χ4n) is 3.33. The Hall–Kier alpha value is -3.78. The molecule has 0 saturated carbocycles. The van der Waals surface area contributed by atoms with Gasteiger partial charge in [0.2, 0.25) is 12.7 Å². The van der Waals surface area contributed by atoms with Crippen LogP contribution in [0.4, 0.5) is 11.4 Å². The maximum absolute atomic E-state index is 13.3. The highest BCUT2D eigenvalue weighted by Gasteiger charge is 2.32. The summed E-state index contributed by atoms with van der Waals surface area (Å²) in [6.45, 7) is 2.21. The number of hydrazone groups is 1. The summed E-state index contributed by atoms with van der Waals surface area (Å²) in [6.07, 6.45) is 0. The molecular formula is C24H20N4O3S. The van der Waals surface area contributed by atoms with Crippen LogP contribution in [0.3, 0.4) is 0 Å². The van der Waals surface area contributed by atoms with Gasteiger partial charge in [-0.2, -0.15) is 5.10 Å². The van der Waals surface area contributed by atoms with Gasteiger partial charge in [-0.3, -0.25) is 10.2 Å². The molecule has 0 aliphatic carbocycles. The Bertz CT molecular complexity index is 1210. The van der Waals surface area contributed by atoms with E-state index >= 15 is 0 Å². The normalized spacial score (nSPS) is 18.1. The van der Waals surface area contributed by atoms with Crippen LogP contribution in [0, 0.1) is 6.92 Å². The van der Waals surface area contributed by atoms with Gasteiger partial charge in [0.1, 0.15) is 5.25 Å². The first kappa shape index (κ1) is 20.1. The van der Waals surface area contributed by atoms with E-state index in [9.17, 15) is 4.79 Å². The Morgan fingerprint density at radius 2 is 1.84 bits per heavy atom. The van der Waals surface area contributed by atoms with Gasteiger partial charge >= 0.3 is 0 Å². The highest BCUT2D eigenvalue weighted by atomic mass is 32.2. The summed E-state index contributed by atoms with van der Waals surface area (Å²) >= 11 is 1.33. The zero-order valence-corrected chi connectivity index (χ0v) is 18.1. The summed E-state index contributed by atoms with van der Waals surface area (Å²) in [5.74, 6) is 1.08. The van der Waals surface area contributed by atoms with Crippen LogP contribution < -0.4 is 20.2 Å². The Kier molecular flexibility index (Phi) is 5.51. The molecule has 0 bridgehead atoms. The molecule has 2 aliphatic rings. The van der Waals surface area contributed by atoms with Crippen molar-refractivity contribution in [3.63, 3.8) is 0 Å². The number of fused-ring (bicyclic) bond motifs is 1. The summed E-state index contributed by atoms with van der Waals surface area (Å²) < 4.78 is 10.8. The molecule has 7 nitrogen and oxygen atoms in total. The molecule has 3 aromatic rings. The third-order valence-electron chi connectivity index (χ3n) is 4.96. The highest BCUT2D eigenvalue weighted by molar-refractivity contribution is 8.15. The SMILES string of the molecule is Cc1ccc(N=C2NN=C(c3ccccc3)C(C(=O)Nc3ccc4c(c3)OCO4)S2)cc1. The van der Waals surface area contributed by atoms with E-state index in [0.717, 1.165) is 16.8 Å². The number of amides is 1. The second kappa shape index (κ2) is 8.76. The van der Waals surface area contributed by atoms with Crippen molar-refractivity contribution in [1.29, 1.82) is 0 Å². The number of anilines is 1. The van der Waals surface area contributed by atoms with E-state index in [1.54, 1.807) is 18.2 Å². The van der Waals surface area contributed by atoms with Crippen LogP contribution >= 0.6 is 11.8 Å². The van der Waals surface area contributed by atoms with Gasteiger partial charge in [0.05, 0.1) is 11.4 Å². The largest absolute Gasteiger partial charge is 0.454 e. The average Bonchev–Trinajstić information content (AvgIpc) is 3.29. The fourth-order valence-corrected chi connectivity index (χ4v) is 4.28. The molecule has 2 aliphatic heterocycles. The number of amidine groups is 1. The number of carbonyl (C=O) groups is 1. The lowest BCUT2D eigenvalue weighted by molar-refractivity contribution is -0.114. The van der Waals surface area contributed by atoms with E-state index in [2.05, 4.69) is 20.8 Å². The van der Waals surface area contributed by atoms with Crippen molar-refractivity contribution >= 4 is 39.9 Å². The van der Waals surface area contributed by atoms with Crippen LogP contribution in [-0.2, 0) is 4.79 Å². The van der Waals surface area contributed by atoms with Crippen molar-refractivity contribution in [1.82, 2.24) is 5.43 Å². The van der Waals surface area contributed by atoms with Gasteiger partial charge < -0.3 is 14.8 Å². The number of carbonyl (C=O) groups excluding carboxylic acids is 1. The zero-order valence-electron chi connectivity index (χ0n) is 17.2. The van der Waals surface area contributed by atoms with Crippen molar-refractivity contribution in [2.75, 3.05) is 12.1 Å². The Morgan fingerprint density at radius 3 is 2.66 bits per heavy atom. The number of nitrogens with one attached hydrogen (secondary N) is 2. The van der Waals surface area contributed by atoms with E-state index in [-0.39, 0.29) is 12.7 Å². The van der Waals surface area contributed by atoms with Crippen molar-refractivity contribution in [2.24, 2.45) is 10.1 Å². The van der Waals surface area contributed by atoms with Crippen LogP contribution in [0.2, 0.25) is 0 Å². The summed E-state index contributed by atoms with van der Waals surface area (Å²) in [5.41, 5.74) is 7.08. The maximum atomic E-state index is 13.3. The molecule has 0 aromatic heterocycles. The standard InChI is InChI=1S/C24H20N4O3S/c1-15-7-9-17(10-8-15)26-24-28-27-21(16-5-3-2-4-6-16)22(32-24)23(29)25-18-11-12-19-20(13-18)31-14-30-19/h2-13,22H,14H2,1H3,(H,25,29)(H,26,28). The molecule has 0 spiro atoms. The first-order valence-electron chi connectivity index (χ1n) is 10.1. The maximum Gasteiger partial charge on any atom is 0.244 e. The van der Waals surface area contributed by atoms with Gasteiger partial charge in [-0.05, 0) is 36.8 Å². The van der Waals surface area contributed by atoms with Gasteiger partial charge in [-0.1, -0.05) is 59.8 Å². The minimum atomic E-state index is -0.590. The van der Waals surface area contributed by atoms with Gasteiger partial charge in [-0.15, -0.1) is 0 Å². The second-order valence-corrected chi connectivity index (χ2v) is 8.38. The highest BCUT2D eigenvalue weighted by Crippen LogP contribution is 2.34. The summed E-state index contributed by atoms with van der Waals surface area (Å²) in [5, 5.41) is 7.45. The van der Waals surface area contributed by atoms with E-state index in [1.807, 2.05) is 61.5 Å². The Labute approximate surface area is 189 Å². The summed E-state index contributed by atoms with van der Waals surface area (Å²) in [7, 11) is 0. The number of nitrogens with zero attached hydrogens (tertiary/aromatic N) is 2. The lowest BCUT2D eigenvalue weighted by atomic mass is 10.1. The van der Waals surface area contributed by atoms with Crippen LogP contribution in [0.25, 0.3) is 0 Å². The Morgan fingerprint density at radius 1 is 1.06 bits per heavy atom. The molecule has 8 heteroatoms. The first-order valence-corrected chi connectivity index (χ1v) is 11.0. The molecule has 1 atom stereocenters. The van der Waals surface area contributed by atoms with Crippen LogP contribution in [0.1, 0.15) is 11.1 Å². The predicted molar refractivity (Wildman–Crippen MR) is 127 cm³/mol.